The molecular weight excluding hydrogens is 424 g/mol. The van der Waals surface area contributed by atoms with Crippen molar-refractivity contribution in [2.75, 3.05) is 13.2 Å². The van der Waals surface area contributed by atoms with Gasteiger partial charge in [0.15, 0.2) is 0 Å². The van der Waals surface area contributed by atoms with Crippen LogP contribution in [0.25, 0.3) is 0 Å². The van der Waals surface area contributed by atoms with Gasteiger partial charge in [0.25, 0.3) is 5.69 Å². The Bertz CT molecular complexity index is 516. The third-order valence-electron chi connectivity index (χ3n) is 1.95. The van der Waals surface area contributed by atoms with Crippen LogP contribution in [0.2, 0.25) is 25.1 Å². The normalized spacial score (nSPS) is 11.9. The highest BCUT2D eigenvalue weighted by Crippen LogP contribution is 2.67. The van der Waals surface area contributed by atoms with Crippen molar-refractivity contribution in [3.8, 4) is 0 Å². The molecule has 2 nitrogen and oxygen atoms in total. The van der Waals surface area contributed by atoms with Gasteiger partial charge in [-0.1, -0.05) is 58.0 Å². The first kappa shape index (κ1) is 19.6. The summed E-state index contributed by atoms with van der Waals surface area (Å²) >= 11 is 36.8. The van der Waals surface area contributed by atoms with E-state index >= 15 is 0 Å². The molecule has 114 valence electrons. The van der Waals surface area contributed by atoms with Crippen LogP contribution in [0.3, 0.4) is 0 Å². The second-order valence-corrected chi connectivity index (χ2v) is 11.3. The Morgan fingerprint density at radius 1 is 0.850 bits per heavy atom. The SMILES string of the molecule is CCOP(=S)(OCC)Sc1c(Cl)c(Cl)c(Cl)c(Cl)c1Cl. The van der Waals surface area contributed by atoms with Crippen molar-refractivity contribution in [1.82, 2.24) is 0 Å². The molecule has 0 amide bonds. The molecular formula is C10H10Cl5O2PS2. The number of benzene rings is 1. The van der Waals surface area contributed by atoms with Gasteiger partial charge < -0.3 is 9.05 Å². The van der Waals surface area contributed by atoms with Crippen LogP contribution in [0.15, 0.2) is 4.90 Å². The van der Waals surface area contributed by atoms with E-state index in [0.717, 1.165) is 11.4 Å². The van der Waals surface area contributed by atoms with Crippen molar-refractivity contribution in [2.24, 2.45) is 0 Å². The van der Waals surface area contributed by atoms with Crippen molar-refractivity contribution >= 4 is 86.9 Å². The molecule has 1 aromatic carbocycles. The summed E-state index contributed by atoms with van der Waals surface area (Å²) < 4.78 is 11.0. The molecule has 0 spiro atoms. The molecule has 0 aliphatic rings. The fourth-order valence-electron chi connectivity index (χ4n) is 1.18. The topological polar surface area (TPSA) is 18.5 Å². The van der Waals surface area contributed by atoms with Gasteiger partial charge in [0.05, 0.1) is 43.2 Å². The maximum Gasteiger partial charge on any atom is 0.252 e. The van der Waals surface area contributed by atoms with Gasteiger partial charge in [-0.15, -0.1) is 0 Å². The van der Waals surface area contributed by atoms with Crippen LogP contribution in [0, 0.1) is 0 Å². The lowest BCUT2D eigenvalue weighted by Gasteiger charge is -2.21. The van der Waals surface area contributed by atoms with Crippen molar-refractivity contribution in [3.05, 3.63) is 25.1 Å². The Balaban J connectivity index is 3.30. The van der Waals surface area contributed by atoms with Gasteiger partial charge in [0, 0.05) is 0 Å². The summed E-state index contributed by atoms with van der Waals surface area (Å²) in [5, 5.41) is 0.725. The second-order valence-electron chi connectivity index (χ2n) is 3.27. The molecule has 1 rings (SSSR count). The van der Waals surface area contributed by atoms with Crippen molar-refractivity contribution in [1.29, 1.82) is 0 Å². The van der Waals surface area contributed by atoms with Gasteiger partial charge in [0.2, 0.25) is 0 Å². The van der Waals surface area contributed by atoms with E-state index < -0.39 is 5.69 Å². The van der Waals surface area contributed by atoms with Gasteiger partial charge in [-0.05, 0) is 37.0 Å². The van der Waals surface area contributed by atoms with Crippen LogP contribution in [0.1, 0.15) is 13.8 Å². The highest BCUT2D eigenvalue weighted by molar-refractivity contribution is 8.68. The Morgan fingerprint density at radius 3 is 1.55 bits per heavy atom. The lowest BCUT2D eigenvalue weighted by molar-refractivity contribution is 0.280. The summed E-state index contributed by atoms with van der Waals surface area (Å²) in [6, 6.07) is 0. The van der Waals surface area contributed by atoms with Gasteiger partial charge in [-0.2, -0.15) is 0 Å². The molecule has 0 radical (unpaired) electrons. The minimum absolute atomic E-state index is 0.105. The zero-order chi connectivity index (χ0) is 15.5. The smallest absolute Gasteiger partial charge is 0.252 e. The van der Waals surface area contributed by atoms with Crippen LogP contribution >= 0.6 is 75.1 Å². The Labute approximate surface area is 152 Å². The molecule has 0 bridgehead atoms. The van der Waals surface area contributed by atoms with E-state index in [9.17, 15) is 0 Å². The van der Waals surface area contributed by atoms with Gasteiger partial charge in [-0.3, -0.25) is 0 Å². The first-order valence-corrected chi connectivity index (χ1v) is 11.3. The quantitative estimate of drug-likeness (QED) is 0.265. The summed E-state index contributed by atoms with van der Waals surface area (Å²) in [4.78, 5) is 0.415. The first-order chi connectivity index (χ1) is 9.27. The molecule has 0 aliphatic carbocycles. The number of hydrogen-bond donors (Lipinski definition) is 0. The zero-order valence-corrected chi connectivity index (χ0v) is 16.7. The Hall–Kier alpha value is 1.59. The molecule has 1 aromatic rings. The van der Waals surface area contributed by atoms with E-state index in [4.69, 9.17) is 78.9 Å². The largest absolute Gasteiger partial charge is 0.322 e. The monoisotopic (exact) mass is 432 g/mol. The molecule has 0 heterocycles. The van der Waals surface area contributed by atoms with Gasteiger partial charge >= 0.3 is 0 Å². The van der Waals surface area contributed by atoms with E-state index in [1.54, 1.807) is 0 Å². The third kappa shape index (κ3) is 4.55. The fraction of sp³-hybridized carbons (Fsp3) is 0.400. The molecule has 10 heteroatoms. The predicted molar refractivity (Wildman–Crippen MR) is 94.9 cm³/mol. The van der Waals surface area contributed by atoms with Crippen LogP contribution in [0.5, 0.6) is 0 Å². The molecule has 0 saturated heterocycles. The summed E-state index contributed by atoms with van der Waals surface area (Å²) in [5.41, 5.74) is -2.63. The predicted octanol–water partition coefficient (Wildman–Crippen LogP) is 7.34. The van der Waals surface area contributed by atoms with Crippen molar-refractivity contribution in [2.45, 2.75) is 18.7 Å². The third-order valence-corrected chi connectivity index (χ3v) is 9.57. The average molecular weight is 435 g/mol. The van der Waals surface area contributed by atoms with Crippen LogP contribution in [-0.4, -0.2) is 13.2 Å². The highest BCUT2D eigenvalue weighted by Gasteiger charge is 2.27. The molecule has 0 aromatic heterocycles. The highest BCUT2D eigenvalue weighted by atomic mass is 35.5. The van der Waals surface area contributed by atoms with Gasteiger partial charge in [-0.25, -0.2) is 0 Å². The lowest BCUT2D eigenvalue weighted by Crippen LogP contribution is -1.93. The van der Waals surface area contributed by atoms with Gasteiger partial charge in [0.1, 0.15) is 0 Å². The van der Waals surface area contributed by atoms with Crippen molar-refractivity contribution in [3.63, 3.8) is 0 Å². The van der Waals surface area contributed by atoms with E-state index in [2.05, 4.69) is 0 Å². The summed E-state index contributed by atoms with van der Waals surface area (Å²) in [5.74, 6) is 0. The molecule has 0 saturated carbocycles. The molecule has 20 heavy (non-hydrogen) atoms. The van der Waals surface area contributed by atoms with Crippen LogP contribution in [0.4, 0.5) is 0 Å². The Morgan fingerprint density at radius 2 is 1.20 bits per heavy atom. The van der Waals surface area contributed by atoms with E-state index in [-0.39, 0.29) is 25.1 Å². The minimum atomic E-state index is -2.63. The molecule has 0 fully saturated rings. The number of hydrogen-bond acceptors (Lipinski definition) is 4. The first-order valence-electron chi connectivity index (χ1n) is 5.37. The minimum Gasteiger partial charge on any atom is -0.322 e. The average Bonchev–Trinajstić information content (AvgIpc) is 2.40. The summed E-state index contributed by atoms with van der Waals surface area (Å²) in [6.45, 7) is 4.47. The Kier molecular flexibility index (Phi) is 8.29. The van der Waals surface area contributed by atoms with E-state index in [1.165, 1.54) is 0 Å². The second kappa shape index (κ2) is 8.44. The van der Waals surface area contributed by atoms with E-state index in [1.807, 2.05) is 13.8 Å². The molecule has 0 unspecified atom stereocenters. The van der Waals surface area contributed by atoms with Crippen molar-refractivity contribution < 1.29 is 9.05 Å². The van der Waals surface area contributed by atoms with Crippen LogP contribution in [-0.2, 0) is 20.9 Å². The summed E-state index contributed by atoms with van der Waals surface area (Å²) in [7, 11) is 0. The summed E-state index contributed by atoms with van der Waals surface area (Å²) in [6.07, 6.45) is 0. The molecule has 0 aliphatic heterocycles. The fourth-order valence-corrected chi connectivity index (χ4v) is 7.86. The van der Waals surface area contributed by atoms with Crippen LogP contribution < -0.4 is 0 Å². The maximum atomic E-state index is 6.16. The standard InChI is InChI=1S/C10H10Cl5O2PS2/c1-3-16-18(19,17-4-2)20-10-8(14)6(12)5(11)7(13)9(10)15/h3-4H2,1-2H3. The zero-order valence-electron chi connectivity index (χ0n) is 10.4. The molecule has 0 N–H and O–H groups in total. The molecule has 0 atom stereocenters. The number of rotatable bonds is 6. The maximum absolute atomic E-state index is 6.16. The lowest BCUT2D eigenvalue weighted by atomic mass is 10.3. The number of halogens is 5. The van der Waals surface area contributed by atoms with E-state index in [0.29, 0.717) is 18.1 Å².